The summed E-state index contributed by atoms with van der Waals surface area (Å²) >= 11 is 0. The average Bonchev–Trinajstić information content (AvgIpc) is 2.43. The van der Waals surface area contributed by atoms with Crippen molar-refractivity contribution in [3.05, 3.63) is 35.1 Å². The second-order valence-electron chi connectivity index (χ2n) is 4.68. The van der Waals surface area contributed by atoms with Crippen LogP contribution in [0.1, 0.15) is 10.4 Å². The van der Waals surface area contributed by atoms with Gasteiger partial charge in [-0.1, -0.05) is 0 Å². The normalized spacial score (nSPS) is 17.0. The second-order valence-corrected chi connectivity index (χ2v) is 6.66. The Hall–Kier alpha value is -1.61. The van der Waals surface area contributed by atoms with Crippen LogP contribution in [0.15, 0.2) is 12.1 Å². The van der Waals surface area contributed by atoms with E-state index in [0.717, 1.165) is 12.3 Å². The number of rotatable bonds is 2. The molecular weight excluding hydrogens is 309 g/mol. The molecule has 0 spiro atoms. The summed E-state index contributed by atoms with van der Waals surface area (Å²) in [7, 11) is -3.35. The van der Waals surface area contributed by atoms with Crippen molar-refractivity contribution >= 4 is 15.9 Å². The van der Waals surface area contributed by atoms with Crippen LogP contribution in [0, 0.1) is 17.5 Å². The van der Waals surface area contributed by atoms with Gasteiger partial charge < -0.3 is 4.90 Å². The Morgan fingerprint density at radius 1 is 1.05 bits per heavy atom. The van der Waals surface area contributed by atoms with Gasteiger partial charge in [-0.3, -0.25) is 4.79 Å². The third kappa shape index (κ3) is 3.18. The monoisotopic (exact) mass is 322 g/mol. The van der Waals surface area contributed by atoms with Crippen LogP contribution >= 0.6 is 0 Å². The summed E-state index contributed by atoms with van der Waals surface area (Å²) in [6, 6.07) is 1.55. The first kappa shape index (κ1) is 15.8. The van der Waals surface area contributed by atoms with Gasteiger partial charge in [-0.2, -0.15) is 4.31 Å². The molecular formula is C12H13F3N2O3S. The Morgan fingerprint density at radius 3 is 2.14 bits per heavy atom. The summed E-state index contributed by atoms with van der Waals surface area (Å²) < 4.78 is 63.4. The molecule has 0 atom stereocenters. The molecule has 0 bridgehead atoms. The molecule has 1 fully saturated rings. The summed E-state index contributed by atoms with van der Waals surface area (Å²) in [4.78, 5) is 13.3. The smallest absolute Gasteiger partial charge is 0.257 e. The van der Waals surface area contributed by atoms with Gasteiger partial charge in [0, 0.05) is 26.2 Å². The van der Waals surface area contributed by atoms with Gasteiger partial charge in [0.1, 0.15) is 0 Å². The minimum atomic E-state index is -3.35. The molecule has 1 aliphatic rings. The first-order valence-electron chi connectivity index (χ1n) is 6.09. The predicted octanol–water partition coefficient (Wildman–Crippen LogP) is 0.821. The highest BCUT2D eigenvalue weighted by molar-refractivity contribution is 7.88. The van der Waals surface area contributed by atoms with E-state index >= 15 is 0 Å². The number of amides is 1. The topological polar surface area (TPSA) is 57.7 Å². The van der Waals surface area contributed by atoms with Crippen LogP contribution in [-0.2, 0) is 10.0 Å². The molecule has 2 rings (SSSR count). The molecule has 0 N–H and O–H groups in total. The number of carbonyl (C=O) groups is 1. The minimum Gasteiger partial charge on any atom is -0.336 e. The quantitative estimate of drug-likeness (QED) is 0.758. The Morgan fingerprint density at radius 2 is 1.62 bits per heavy atom. The zero-order chi connectivity index (χ0) is 15.8. The van der Waals surface area contributed by atoms with Crippen LogP contribution < -0.4 is 0 Å². The number of nitrogens with zero attached hydrogens (tertiary/aromatic N) is 2. The molecule has 0 saturated carbocycles. The maximum atomic E-state index is 13.6. The molecule has 9 heteroatoms. The van der Waals surface area contributed by atoms with E-state index in [0.29, 0.717) is 6.07 Å². The van der Waals surface area contributed by atoms with Crippen LogP contribution in [-0.4, -0.2) is 56.0 Å². The number of piperazine rings is 1. The van der Waals surface area contributed by atoms with Gasteiger partial charge in [0.15, 0.2) is 17.5 Å². The van der Waals surface area contributed by atoms with Crippen LogP contribution in [0.2, 0.25) is 0 Å². The number of sulfonamides is 1. The zero-order valence-corrected chi connectivity index (χ0v) is 12.0. The van der Waals surface area contributed by atoms with E-state index in [-0.39, 0.29) is 26.2 Å². The highest BCUT2D eigenvalue weighted by atomic mass is 32.2. The first-order chi connectivity index (χ1) is 9.71. The molecule has 116 valence electrons. The number of hydrogen-bond donors (Lipinski definition) is 0. The Bertz CT molecular complexity index is 671. The molecule has 0 aromatic heterocycles. The number of carbonyl (C=O) groups excluding carboxylic acids is 1. The molecule has 1 heterocycles. The minimum absolute atomic E-state index is 0.0599. The fourth-order valence-corrected chi connectivity index (χ4v) is 2.91. The third-order valence-corrected chi connectivity index (χ3v) is 4.56. The number of halogens is 3. The summed E-state index contributed by atoms with van der Waals surface area (Å²) in [6.45, 7) is 0.278. The lowest BCUT2D eigenvalue weighted by Gasteiger charge is -2.33. The first-order valence-corrected chi connectivity index (χ1v) is 7.94. The molecule has 1 saturated heterocycles. The van der Waals surface area contributed by atoms with Crippen molar-refractivity contribution in [2.75, 3.05) is 32.4 Å². The standard InChI is InChI=1S/C12H13F3N2O3S/c1-21(19,20)17-6-4-16(5-7-17)12(18)8-2-3-9(13)11(15)10(8)14/h2-3H,4-7H2,1H3. The molecule has 1 aliphatic heterocycles. The van der Waals surface area contributed by atoms with E-state index in [1.807, 2.05) is 0 Å². The maximum absolute atomic E-state index is 13.6. The highest BCUT2D eigenvalue weighted by Crippen LogP contribution is 2.18. The molecule has 5 nitrogen and oxygen atoms in total. The van der Waals surface area contributed by atoms with Gasteiger partial charge >= 0.3 is 0 Å². The van der Waals surface area contributed by atoms with E-state index < -0.39 is 38.9 Å². The van der Waals surface area contributed by atoms with Gasteiger partial charge in [-0.25, -0.2) is 21.6 Å². The third-order valence-electron chi connectivity index (χ3n) is 3.26. The van der Waals surface area contributed by atoms with Crippen LogP contribution in [0.4, 0.5) is 13.2 Å². The molecule has 0 radical (unpaired) electrons. The summed E-state index contributed by atoms with van der Waals surface area (Å²) in [5.41, 5.74) is -0.568. The summed E-state index contributed by atoms with van der Waals surface area (Å²) in [6.07, 6.45) is 1.06. The second kappa shape index (κ2) is 5.64. The van der Waals surface area contributed by atoms with Crippen molar-refractivity contribution in [3.63, 3.8) is 0 Å². The molecule has 0 unspecified atom stereocenters. The van der Waals surface area contributed by atoms with Crippen molar-refractivity contribution in [1.82, 2.24) is 9.21 Å². The van der Waals surface area contributed by atoms with Gasteiger partial charge in [0.2, 0.25) is 10.0 Å². The fraction of sp³-hybridized carbons (Fsp3) is 0.417. The van der Waals surface area contributed by atoms with Crippen molar-refractivity contribution in [3.8, 4) is 0 Å². The van der Waals surface area contributed by atoms with E-state index in [1.54, 1.807) is 0 Å². The molecule has 21 heavy (non-hydrogen) atoms. The molecule has 0 aliphatic carbocycles. The largest absolute Gasteiger partial charge is 0.336 e. The lowest BCUT2D eigenvalue weighted by Crippen LogP contribution is -2.50. The highest BCUT2D eigenvalue weighted by Gasteiger charge is 2.29. The number of benzene rings is 1. The van der Waals surface area contributed by atoms with Crippen molar-refractivity contribution in [2.24, 2.45) is 0 Å². The molecule has 1 amide bonds. The Kier molecular flexibility index (Phi) is 4.24. The lowest BCUT2D eigenvalue weighted by atomic mass is 10.1. The fourth-order valence-electron chi connectivity index (χ4n) is 2.08. The Balaban J connectivity index is 2.15. The summed E-state index contributed by atoms with van der Waals surface area (Å²) in [5.74, 6) is -5.40. The van der Waals surface area contributed by atoms with Gasteiger partial charge in [-0.15, -0.1) is 0 Å². The van der Waals surface area contributed by atoms with Gasteiger partial charge in [0.25, 0.3) is 5.91 Å². The maximum Gasteiger partial charge on any atom is 0.257 e. The Labute approximate surface area is 120 Å². The predicted molar refractivity (Wildman–Crippen MR) is 68.6 cm³/mol. The van der Waals surface area contributed by atoms with Crippen LogP contribution in [0.3, 0.4) is 0 Å². The van der Waals surface area contributed by atoms with Crippen molar-refractivity contribution in [2.45, 2.75) is 0 Å². The van der Waals surface area contributed by atoms with Crippen LogP contribution in [0.5, 0.6) is 0 Å². The zero-order valence-electron chi connectivity index (χ0n) is 11.1. The average molecular weight is 322 g/mol. The lowest BCUT2D eigenvalue weighted by molar-refractivity contribution is 0.0692. The van der Waals surface area contributed by atoms with E-state index in [4.69, 9.17) is 0 Å². The van der Waals surface area contributed by atoms with E-state index in [2.05, 4.69) is 0 Å². The SMILES string of the molecule is CS(=O)(=O)N1CCN(C(=O)c2ccc(F)c(F)c2F)CC1. The van der Waals surface area contributed by atoms with Gasteiger partial charge in [0.05, 0.1) is 11.8 Å². The van der Waals surface area contributed by atoms with Crippen LogP contribution in [0.25, 0.3) is 0 Å². The summed E-state index contributed by atoms with van der Waals surface area (Å²) in [5, 5.41) is 0. The molecule has 1 aromatic rings. The molecule has 1 aromatic carbocycles. The van der Waals surface area contributed by atoms with E-state index in [9.17, 15) is 26.4 Å². The van der Waals surface area contributed by atoms with Crippen molar-refractivity contribution < 1.29 is 26.4 Å². The van der Waals surface area contributed by atoms with Gasteiger partial charge in [-0.05, 0) is 12.1 Å². The van der Waals surface area contributed by atoms with E-state index in [1.165, 1.54) is 9.21 Å². The number of hydrogen-bond acceptors (Lipinski definition) is 3. The van der Waals surface area contributed by atoms with Crippen molar-refractivity contribution in [1.29, 1.82) is 0 Å².